The first-order valence-electron chi connectivity index (χ1n) is 14.2. The number of benzene rings is 3. The van der Waals surface area contributed by atoms with Crippen molar-refractivity contribution in [2.24, 2.45) is 0 Å². The normalized spacial score (nSPS) is 21.8. The van der Waals surface area contributed by atoms with Crippen LogP contribution in [0.1, 0.15) is 29.0 Å². The van der Waals surface area contributed by atoms with Gasteiger partial charge in [-0.05, 0) is 53.4 Å². The van der Waals surface area contributed by atoms with Crippen molar-refractivity contribution in [2.75, 3.05) is 58.0 Å². The van der Waals surface area contributed by atoms with E-state index < -0.39 is 6.10 Å². The number of aliphatic hydroxyl groups is 1. The van der Waals surface area contributed by atoms with Gasteiger partial charge < -0.3 is 39.0 Å². The molecule has 0 radical (unpaired) electrons. The lowest BCUT2D eigenvalue weighted by Gasteiger charge is -2.36. The van der Waals surface area contributed by atoms with Gasteiger partial charge in [0.1, 0.15) is 29.6 Å². The number of fused-ring (bicyclic) bond motifs is 2. The highest BCUT2D eigenvalue weighted by Crippen LogP contribution is 2.35. The van der Waals surface area contributed by atoms with Gasteiger partial charge in [-0.3, -0.25) is 0 Å². The van der Waals surface area contributed by atoms with E-state index in [9.17, 15) is 5.11 Å². The molecule has 6 rings (SSSR count). The molecule has 3 aliphatic heterocycles. The molecule has 0 aromatic heterocycles. The Kier molecular flexibility index (Phi) is 8.39. The van der Waals surface area contributed by atoms with Crippen molar-refractivity contribution >= 4 is 5.69 Å². The zero-order chi connectivity index (χ0) is 27.3. The predicted octanol–water partition coefficient (Wildman–Crippen LogP) is 4.28. The molecule has 40 heavy (non-hydrogen) atoms. The second-order valence-electron chi connectivity index (χ2n) is 10.6. The van der Waals surface area contributed by atoms with Crippen LogP contribution in [0.5, 0.6) is 23.0 Å². The molecule has 3 atom stereocenters. The van der Waals surface area contributed by atoms with Crippen LogP contribution < -0.4 is 24.4 Å². The highest BCUT2D eigenvalue weighted by atomic mass is 16.5. The molecule has 0 aliphatic carbocycles. The van der Waals surface area contributed by atoms with Gasteiger partial charge >= 0.3 is 0 Å². The molecule has 0 amide bonds. The minimum atomic E-state index is -0.549. The summed E-state index contributed by atoms with van der Waals surface area (Å²) in [7, 11) is 1.74. The highest BCUT2D eigenvalue weighted by molar-refractivity contribution is 5.61. The zero-order valence-electron chi connectivity index (χ0n) is 23.0. The van der Waals surface area contributed by atoms with Crippen LogP contribution in [0.25, 0.3) is 0 Å². The standard InChI is InChI=1S/C32H38N2O6/c1-36-14-2-12-34-13-16-38-29-10-3-22(17-27(29)34)21-39-31-20-33-19-28(35)32(31)24-5-7-25(8-6-24)40-26-9-4-23-11-15-37-30(23)18-26/h3-10,17-18,28,31-33,35H,2,11-16,19-21H2,1H3/t28-,31+,32+/m1/s1. The van der Waals surface area contributed by atoms with E-state index in [-0.39, 0.29) is 12.0 Å². The summed E-state index contributed by atoms with van der Waals surface area (Å²) in [6, 6.07) is 20.2. The van der Waals surface area contributed by atoms with E-state index in [1.807, 2.05) is 42.5 Å². The Labute approximate surface area is 235 Å². The van der Waals surface area contributed by atoms with Crippen LogP contribution in [0.4, 0.5) is 5.69 Å². The number of rotatable bonds is 10. The number of methoxy groups -OCH3 is 1. The average Bonchev–Trinajstić information content (AvgIpc) is 3.45. The Morgan fingerprint density at radius 2 is 1.80 bits per heavy atom. The van der Waals surface area contributed by atoms with E-state index in [1.165, 1.54) is 5.56 Å². The molecule has 3 aromatic rings. The fraction of sp³-hybridized carbons (Fsp3) is 0.438. The molecule has 3 heterocycles. The van der Waals surface area contributed by atoms with Gasteiger partial charge in [-0.25, -0.2) is 0 Å². The van der Waals surface area contributed by atoms with Crippen LogP contribution in [0, 0.1) is 0 Å². The van der Waals surface area contributed by atoms with Crippen LogP contribution in [-0.4, -0.2) is 70.4 Å². The van der Waals surface area contributed by atoms with Crippen LogP contribution in [0.2, 0.25) is 0 Å². The number of aliphatic hydroxyl groups excluding tert-OH is 1. The van der Waals surface area contributed by atoms with E-state index in [2.05, 4.69) is 28.4 Å². The van der Waals surface area contributed by atoms with E-state index in [0.717, 1.165) is 79.0 Å². The lowest BCUT2D eigenvalue weighted by molar-refractivity contribution is -0.0328. The molecule has 0 unspecified atom stereocenters. The second-order valence-corrected chi connectivity index (χ2v) is 10.6. The molecular weight excluding hydrogens is 508 g/mol. The molecule has 0 saturated carbocycles. The maximum atomic E-state index is 11.0. The molecule has 1 fully saturated rings. The van der Waals surface area contributed by atoms with Crippen LogP contribution >= 0.6 is 0 Å². The molecule has 0 spiro atoms. The van der Waals surface area contributed by atoms with Gasteiger partial charge in [0.2, 0.25) is 0 Å². The maximum Gasteiger partial charge on any atom is 0.142 e. The monoisotopic (exact) mass is 546 g/mol. The Hall–Kier alpha value is -3.30. The molecular formula is C32H38N2O6. The van der Waals surface area contributed by atoms with E-state index >= 15 is 0 Å². The van der Waals surface area contributed by atoms with Crippen molar-refractivity contribution in [3.05, 3.63) is 77.4 Å². The highest BCUT2D eigenvalue weighted by Gasteiger charge is 2.34. The Morgan fingerprint density at radius 3 is 2.67 bits per heavy atom. The fourth-order valence-corrected chi connectivity index (χ4v) is 5.82. The van der Waals surface area contributed by atoms with Gasteiger partial charge in [0.25, 0.3) is 0 Å². The van der Waals surface area contributed by atoms with Gasteiger partial charge in [-0.2, -0.15) is 0 Å². The molecule has 0 bridgehead atoms. The van der Waals surface area contributed by atoms with Crippen LogP contribution in [0.3, 0.4) is 0 Å². The summed E-state index contributed by atoms with van der Waals surface area (Å²) in [4.78, 5) is 2.36. The third-order valence-corrected chi connectivity index (χ3v) is 7.91. The summed E-state index contributed by atoms with van der Waals surface area (Å²) in [6.07, 6.45) is 1.19. The van der Waals surface area contributed by atoms with Crippen molar-refractivity contribution in [1.29, 1.82) is 0 Å². The summed E-state index contributed by atoms with van der Waals surface area (Å²) in [6.45, 7) is 5.60. The number of anilines is 1. The first kappa shape index (κ1) is 26.9. The fourth-order valence-electron chi connectivity index (χ4n) is 5.82. The second kappa shape index (κ2) is 12.5. The summed E-state index contributed by atoms with van der Waals surface area (Å²) >= 11 is 0. The average molecular weight is 547 g/mol. The molecule has 8 heteroatoms. The van der Waals surface area contributed by atoms with Crippen molar-refractivity contribution in [3.63, 3.8) is 0 Å². The summed E-state index contributed by atoms with van der Waals surface area (Å²) in [5.74, 6) is 3.17. The number of nitrogens with one attached hydrogen (secondary N) is 1. The molecule has 3 aliphatic rings. The minimum absolute atomic E-state index is 0.143. The third kappa shape index (κ3) is 6.05. The first-order chi connectivity index (χ1) is 19.7. The van der Waals surface area contributed by atoms with Crippen molar-refractivity contribution < 1.29 is 28.8 Å². The van der Waals surface area contributed by atoms with E-state index in [0.29, 0.717) is 26.3 Å². The zero-order valence-corrected chi connectivity index (χ0v) is 23.0. The largest absolute Gasteiger partial charge is 0.493 e. The molecule has 8 nitrogen and oxygen atoms in total. The molecule has 2 N–H and O–H groups in total. The number of β-amino-alcohol motifs (C(OH)–C–C–N with tert-alkyl or cyclic N) is 1. The predicted molar refractivity (Wildman–Crippen MR) is 153 cm³/mol. The first-order valence-corrected chi connectivity index (χ1v) is 14.2. The number of nitrogens with zero attached hydrogens (tertiary/aromatic N) is 1. The minimum Gasteiger partial charge on any atom is -0.493 e. The summed E-state index contributed by atoms with van der Waals surface area (Å²) < 4.78 is 29.3. The Morgan fingerprint density at radius 1 is 0.950 bits per heavy atom. The Balaban J connectivity index is 1.11. The number of piperidine rings is 1. The summed E-state index contributed by atoms with van der Waals surface area (Å²) in [5, 5.41) is 14.3. The molecule has 3 aromatic carbocycles. The van der Waals surface area contributed by atoms with E-state index in [4.69, 9.17) is 23.7 Å². The molecule has 212 valence electrons. The SMILES string of the molecule is COCCCN1CCOc2ccc(CO[C@H]3CNC[C@@H](O)[C@@H]3c3ccc(Oc4ccc5c(c4)OCC5)cc3)cc21. The van der Waals surface area contributed by atoms with Crippen LogP contribution in [0.15, 0.2) is 60.7 Å². The van der Waals surface area contributed by atoms with Crippen molar-refractivity contribution in [3.8, 4) is 23.0 Å². The van der Waals surface area contributed by atoms with Crippen molar-refractivity contribution in [1.82, 2.24) is 5.32 Å². The summed E-state index contributed by atoms with van der Waals surface area (Å²) in [5.41, 5.74) is 4.44. The van der Waals surface area contributed by atoms with Gasteiger partial charge in [0, 0.05) is 51.8 Å². The van der Waals surface area contributed by atoms with Gasteiger partial charge in [-0.1, -0.05) is 24.3 Å². The topological polar surface area (TPSA) is 81.7 Å². The van der Waals surface area contributed by atoms with E-state index in [1.54, 1.807) is 7.11 Å². The quantitative estimate of drug-likeness (QED) is 0.365. The van der Waals surface area contributed by atoms with Crippen molar-refractivity contribution in [2.45, 2.75) is 37.6 Å². The number of ether oxygens (including phenoxy) is 5. The smallest absolute Gasteiger partial charge is 0.142 e. The number of hydrogen-bond donors (Lipinski definition) is 2. The van der Waals surface area contributed by atoms with Crippen LogP contribution in [-0.2, 0) is 22.5 Å². The molecule has 1 saturated heterocycles. The Bertz CT molecular complexity index is 1280. The maximum absolute atomic E-state index is 11.0. The lowest BCUT2D eigenvalue weighted by atomic mass is 9.85. The van der Waals surface area contributed by atoms with Gasteiger partial charge in [-0.15, -0.1) is 0 Å². The number of hydrogen-bond acceptors (Lipinski definition) is 8. The third-order valence-electron chi connectivity index (χ3n) is 7.91. The van der Waals surface area contributed by atoms with Gasteiger partial charge in [0.15, 0.2) is 0 Å². The van der Waals surface area contributed by atoms with Gasteiger partial charge in [0.05, 0.1) is 37.7 Å². The lowest BCUT2D eigenvalue weighted by Crippen LogP contribution is -2.49.